The van der Waals surface area contributed by atoms with Gasteiger partial charge in [-0.1, -0.05) is 24.3 Å². The van der Waals surface area contributed by atoms with Crippen LogP contribution in [0.5, 0.6) is 0 Å². The molecule has 126 valence electrons. The number of hydrogen-bond acceptors (Lipinski definition) is 4. The van der Waals surface area contributed by atoms with Crippen molar-refractivity contribution in [3.05, 3.63) is 65.2 Å². The predicted octanol–water partition coefficient (Wildman–Crippen LogP) is 1.64. The number of rotatable bonds is 4. The molecule has 0 radical (unpaired) electrons. The van der Waals surface area contributed by atoms with E-state index in [0.29, 0.717) is 18.4 Å². The number of hydrogen-bond donors (Lipinski definition) is 3. The number of aryl methyl sites for hydroxylation is 1. The van der Waals surface area contributed by atoms with Crippen molar-refractivity contribution in [2.24, 2.45) is 0 Å². The Hall–Kier alpha value is -2.22. The van der Waals surface area contributed by atoms with Crippen molar-refractivity contribution >= 4 is 15.9 Å². The van der Waals surface area contributed by atoms with Crippen molar-refractivity contribution < 1.29 is 18.4 Å². The first-order valence-corrected chi connectivity index (χ1v) is 9.11. The highest BCUT2D eigenvalue weighted by molar-refractivity contribution is 7.89. The number of carbonyl (C=O) groups is 1. The smallest absolute Gasteiger partial charge is 0.274 e. The van der Waals surface area contributed by atoms with Crippen molar-refractivity contribution in [3.63, 3.8) is 0 Å². The molecular weight excluding hydrogens is 328 g/mol. The second kappa shape index (κ2) is 6.72. The molecule has 7 heteroatoms. The summed E-state index contributed by atoms with van der Waals surface area (Å²) in [6.07, 6.45) is 1.94. The Kier molecular flexibility index (Phi) is 4.66. The topological polar surface area (TPSA) is 95.5 Å². The average Bonchev–Trinajstić information content (AvgIpc) is 2.61. The van der Waals surface area contributed by atoms with Gasteiger partial charge in [-0.15, -0.1) is 0 Å². The van der Waals surface area contributed by atoms with Crippen LogP contribution in [0.2, 0.25) is 0 Å². The van der Waals surface area contributed by atoms with Crippen LogP contribution in [0.15, 0.2) is 53.4 Å². The fraction of sp³-hybridized carbons (Fsp3) is 0.235. The lowest BCUT2D eigenvalue weighted by Crippen LogP contribution is -2.38. The Labute approximate surface area is 140 Å². The van der Waals surface area contributed by atoms with E-state index in [4.69, 9.17) is 5.21 Å². The van der Waals surface area contributed by atoms with Crippen molar-refractivity contribution in [2.45, 2.75) is 30.2 Å². The molecule has 0 heterocycles. The van der Waals surface area contributed by atoms with Gasteiger partial charge >= 0.3 is 0 Å². The van der Waals surface area contributed by atoms with E-state index in [-0.39, 0.29) is 10.9 Å². The van der Waals surface area contributed by atoms with Crippen molar-refractivity contribution in [2.75, 3.05) is 0 Å². The summed E-state index contributed by atoms with van der Waals surface area (Å²) in [5, 5.41) is 8.73. The summed E-state index contributed by atoms with van der Waals surface area (Å²) in [6.45, 7) is 0. The maximum atomic E-state index is 12.4. The van der Waals surface area contributed by atoms with E-state index < -0.39 is 15.9 Å². The number of hydroxylamine groups is 1. The minimum absolute atomic E-state index is 0.227. The van der Waals surface area contributed by atoms with Crippen LogP contribution in [0.25, 0.3) is 0 Å². The summed E-state index contributed by atoms with van der Waals surface area (Å²) in [6, 6.07) is 13.2. The first-order chi connectivity index (χ1) is 11.5. The molecule has 3 N–H and O–H groups in total. The van der Waals surface area contributed by atoms with Gasteiger partial charge in [0.1, 0.15) is 0 Å². The van der Waals surface area contributed by atoms with Gasteiger partial charge in [0.25, 0.3) is 5.91 Å². The zero-order valence-electron chi connectivity index (χ0n) is 12.9. The largest absolute Gasteiger partial charge is 0.288 e. The van der Waals surface area contributed by atoms with Gasteiger partial charge < -0.3 is 0 Å². The zero-order chi connectivity index (χ0) is 17.2. The minimum Gasteiger partial charge on any atom is -0.288 e. The summed E-state index contributed by atoms with van der Waals surface area (Å²) in [5.74, 6) is -0.579. The van der Waals surface area contributed by atoms with Gasteiger partial charge in [0.05, 0.1) is 4.90 Å². The molecule has 1 aliphatic rings. The summed E-state index contributed by atoms with van der Waals surface area (Å²) in [5.41, 5.74) is 3.97. The molecule has 2 aromatic rings. The highest BCUT2D eigenvalue weighted by Gasteiger charge is 2.24. The lowest BCUT2D eigenvalue weighted by molar-refractivity contribution is 0.0706. The first-order valence-electron chi connectivity index (χ1n) is 7.63. The van der Waals surface area contributed by atoms with Crippen LogP contribution in [-0.2, 0) is 22.9 Å². The van der Waals surface area contributed by atoms with Gasteiger partial charge in [0.2, 0.25) is 10.0 Å². The molecule has 0 spiro atoms. The van der Waals surface area contributed by atoms with Crippen LogP contribution >= 0.6 is 0 Å². The fourth-order valence-corrected chi connectivity index (χ4v) is 4.24. The third-order valence-electron chi connectivity index (χ3n) is 4.17. The Morgan fingerprint density at radius 2 is 1.83 bits per heavy atom. The molecule has 1 amide bonds. The highest BCUT2D eigenvalue weighted by Crippen LogP contribution is 2.24. The number of amides is 1. The van der Waals surface area contributed by atoms with Gasteiger partial charge in [0, 0.05) is 11.6 Å². The Morgan fingerprint density at radius 3 is 2.54 bits per heavy atom. The molecule has 1 unspecified atom stereocenters. The van der Waals surface area contributed by atoms with Crippen molar-refractivity contribution in [3.8, 4) is 0 Å². The van der Waals surface area contributed by atoms with E-state index in [1.165, 1.54) is 0 Å². The summed E-state index contributed by atoms with van der Waals surface area (Å²) in [7, 11) is -3.56. The van der Waals surface area contributed by atoms with Crippen LogP contribution < -0.4 is 10.2 Å². The molecule has 0 aromatic heterocycles. The second-order valence-electron chi connectivity index (χ2n) is 5.80. The van der Waals surface area contributed by atoms with Crippen molar-refractivity contribution in [1.82, 2.24) is 10.2 Å². The normalized spacial score (nSPS) is 17.1. The summed E-state index contributed by atoms with van der Waals surface area (Å²) in [4.78, 5) is 11.8. The van der Waals surface area contributed by atoms with Crippen LogP contribution in [0.4, 0.5) is 0 Å². The number of nitrogens with one attached hydrogen (secondary N) is 2. The first kappa shape index (κ1) is 16.6. The maximum Gasteiger partial charge on any atom is 0.274 e. The quantitative estimate of drug-likeness (QED) is 0.579. The van der Waals surface area contributed by atoms with E-state index in [0.717, 1.165) is 17.5 Å². The Morgan fingerprint density at radius 1 is 1.08 bits per heavy atom. The molecule has 1 aliphatic carbocycles. The van der Waals surface area contributed by atoms with Crippen molar-refractivity contribution in [1.29, 1.82) is 0 Å². The SMILES string of the molecule is O=C(NO)c1ccc2c(c1)CC(NS(=O)(=O)c1ccccc1)CC2. The van der Waals surface area contributed by atoms with Crippen LogP contribution in [-0.4, -0.2) is 25.6 Å². The van der Waals surface area contributed by atoms with Gasteiger partial charge in [-0.2, -0.15) is 0 Å². The molecule has 0 bridgehead atoms. The highest BCUT2D eigenvalue weighted by atomic mass is 32.2. The zero-order valence-corrected chi connectivity index (χ0v) is 13.7. The third kappa shape index (κ3) is 3.48. The lowest BCUT2D eigenvalue weighted by Gasteiger charge is -2.25. The maximum absolute atomic E-state index is 12.4. The standard InChI is InChI=1S/C17H18N2O4S/c20-17(18-21)13-7-6-12-8-9-15(11-14(12)10-13)19-24(22,23)16-4-2-1-3-5-16/h1-7,10,15,19,21H,8-9,11H2,(H,18,20). The third-order valence-corrected chi connectivity index (χ3v) is 5.71. The predicted molar refractivity (Wildman–Crippen MR) is 88.3 cm³/mol. The molecule has 1 atom stereocenters. The number of fused-ring (bicyclic) bond motifs is 1. The molecule has 3 rings (SSSR count). The molecule has 0 fully saturated rings. The van der Waals surface area contributed by atoms with Gasteiger partial charge in [-0.3, -0.25) is 10.0 Å². The fourth-order valence-electron chi connectivity index (χ4n) is 2.95. The molecular formula is C17H18N2O4S. The second-order valence-corrected chi connectivity index (χ2v) is 7.51. The number of sulfonamides is 1. The van der Waals surface area contributed by atoms with E-state index in [1.807, 2.05) is 6.07 Å². The van der Waals surface area contributed by atoms with Gasteiger partial charge in [-0.05, 0) is 54.7 Å². The van der Waals surface area contributed by atoms with E-state index in [9.17, 15) is 13.2 Å². The van der Waals surface area contributed by atoms with E-state index in [2.05, 4.69) is 4.72 Å². The lowest BCUT2D eigenvalue weighted by atomic mass is 9.87. The minimum atomic E-state index is -3.56. The number of carbonyl (C=O) groups excluding carboxylic acids is 1. The number of benzene rings is 2. The van der Waals surface area contributed by atoms with Gasteiger partial charge in [-0.25, -0.2) is 18.6 Å². The summed E-state index contributed by atoms with van der Waals surface area (Å²) >= 11 is 0. The molecule has 6 nitrogen and oxygen atoms in total. The summed E-state index contributed by atoms with van der Waals surface area (Å²) < 4.78 is 27.6. The Balaban J connectivity index is 1.78. The average molecular weight is 346 g/mol. The van der Waals surface area contributed by atoms with Crippen LogP contribution in [0.3, 0.4) is 0 Å². The molecule has 24 heavy (non-hydrogen) atoms. The monoisotopic (exact) mass is 346 g/mol. The van der Waals surface area contributed by atoms with Crippen LogP contribution in [0.1, 0.15) is 27.9 Å². The molecule has 2 aromatic carbocycles. The Bertz CT molecular complexity index is 850. The van der Waals surface area contributed by atoms with Crippen LogP contribution in [0, 0.1) is 0 Å². The molecule has 0 aliphatic heterocycles. The van der Waals surface area contributed by atoms with E-state index in [1.54, 1.807) is 47.9 Å². The van der Waals surface area contributed by atoms with Gasteiger partial charge in [0.15, 0.2) is 0 Å². The molecule has 0 saturated carbocycles. The molecule has 0 saturated heterocycles. The van der Waals surface area contributed by atoms with E-state index >= 15 is 0 Å².